The molecule has 5 nitrogen and oxygen atoms in total. The molecule has 0 unspecified atom stereocenters. The van der Waals surface area contributed by atoms with E-state index in [0.717, 1.165) is 17.0 Å². The maximum Gasteiger partial charge on any atom is 0.235 e. The van der Waals surface area contributed by atoms with E-state index < -0.39 is 5.41 Å². The van der Waals surface area contributed by atoms with Crippen LogP contribution in [0.1, 0.15) is 16.7 Å². The van der Waals surface area contributed by atoms with Gasteiger partial charge in [-0.3, -0.25) is 4.79 Å². The molecule has 3 aromatic carbocycles. The van der Waals surface area contributed by atoms with Crippen molar-refractivity contribution in [3.05, 3.63) is 96.1 Å². The molecule has 3 aromatic rings. The van der Waals surface area contributed by atoms with Gasteiger partial charge in [0, 0.05) is 5.69 Å². The van der Waals surface area contributed by atoms with E-state index in [9.17, 15) is 4.79 Å². The van der Waals surface area contributed by atoms with Crippen LogP contribution in [-0.2, 0) is 23.1 Å². The minimum Gasteiger partial charge on any atom is -0.490 e. The minimum absolute atomic E-state index is 0.0395. The molecule has 0 bridgehead atoms. The molecule has 0 radical (unpaired) electrons. The molecular weight excluding hydrogens is 390 g/mol. The lowest BCUT2D eigenvalue weighted by molar-refractivity contribution is -0.121. The first-order chi connectivity index (χ1) is 15.2. The Morgan fingerprint density at radius 2 is 1.71 bits per heavy atom. The van der Waals surface area contributed by atoms with Crippen molar-refractivity contribution >= 4 is 11.6 Å². The predicted octanol–water partition coefficient (Wildman–Crippen LogP) is 4.66. The molecule has 1 aliphatic carbocycles. The third-order valence-corrected chi connectivity index (χ3v) is 5.94. The van der Waals surface area contributed by atoms with Crippen molar-refractivity contribution in [3.63, 3.8) is 0 Å². The van der Waals surface area contributed by atoms with Gasteiger partial charge in [-0.25, -0.2) is 0 Å². The zero-order chi connectivity index (χ0) is 21.3. The number of hydrogen-bond donors (Lipinski definition) is 1. The van der Waals surface area contributed by atoms with E-state index in [4.69, 9.17) is 14.2 Å². The third-order valence-electron chi connectivity index (χ3n) is 5.94. The number of nitrogens with one attached hydrogen (secondary N) is 1. The predicted molar refractivity (Wildman–Crippen MR) is 119 cm³/mol. The van der Waals surface area contributed by atoms with Crippen molar-refractivity contribution in [2.75, 3.05) is 18.7 Å². The van der Waals surface area contributed by atoms with Gasteiger partial charge in [0.25, 0.3) is 0 Å². The smallest absolute Gasteiger partial charge is 0.235 e. The van der Waals surface area contributed by atoms with Crippen molar-refractivity contribution < 1.29 is 19.0 Å². The fourth-order valence-corrected chi connectivity index (χ4v) is 4.35. The Hall–Kier alpha value is -3.73. The summed E-state index contributed by atoms with van der Waals surface area (Å²) in [5, 5.41) is 3.12. The second-order valence-corrected chi connectivity index (χ2v) is 7.85. The number of hydrogen-bond acceptors (Lipinski definition) is 4. The Bertz CT molecular complexity index is 1110. The molecule has 0 aromatic heterocycles. The van der Waals surface area contributed by atoms with Gasteiger partial charge in [0.05, 0.1) is 5.41 Å². The number of ether oxygens (including phenoxy) is 3. The summed E-state index contributed by atoms with van der Waals surface area (Å²) in [5.41, 5.74) is 3.33. The van der Waals surface area contributed by atoms with Gasteiger partial charge in [0.15, 0.2) is 11.5 Å². The molecular formula is C26H23NO4. The number of carbonyl (C=O) groups excluding carboxylic acids is 1. The summed E-state index contributed by atoms with van der Waals surface area (Å²) in [7, 11) is 0. The first-order valence-electron chi connectivity index (χ1n) is 10.3. The number of fused-ring (bicyclic) bond motifs is 2. The maximum atomic E-state index is 13.7. The van der Waals surface area contributed by atoms with E-state index in [1.54, 1.807) is 6.08 Å². The highest BCUT2D eigenvalue weighted by Gasteiger charge is 2.45. The van der Waals surface area contributed by atoms with Crippen molar-refractivity contribution in [1.82, 2.24) is 0 Å². The van der Waals surface area contributed by atoms with Crippen molar-refractivity contribution in [2.45, 2.75) is 18.3 Å². The first kappa shape index (κ1) is 19.2. The Kier molecular flexibility index (Phi) is 4.86. The van der Waals surface area contributed by atoms with E-state index in [0.29, 0.717) is 30.9 Å². The summed E-state index contributed by atoms with van der Waals surface area (Å²) in [4.78, 5) is 13.7. The quantitative estimate of drug-likeness (QED) is 0.598. The van der Waals surface area contributed by atoms with E-state index in [2.05, 4.69) is 24.0 Å². The Morgan fingerprint density at radius 3 is 2.42 bits per heavy atom. The fourth-order valence-electron chi connectivity index (χ4n) is 4.35. The molecule has 2 aliphatic rings. The summed E-state index contributed by atoms with van der Waals surface area (Å²) >= 11 is 0. The topological polar surface area (TPSA) is 56.8 Å². The average molecular weight is 413 g/mol. The van der Waals surface area contributed by atoms with Crippen LogP contribution in [0.25, 0.3) is 0 Å². The van der Waals surface area contributed by atoms with Crippen LogP contribution < -0.4 is 19.5 Å². The molecule has 5 rings (SSSR count). The van der Waals surface area contributed by atoms with Crippen molar-refractivity contribution in [3.8, 4) is 17.2 Å². The second kappa shape index (κ2) is 7.84. The average Bonchev–Trinajstić information content (AvgIpc) is 3.43. The van der Waals surface area contributed by atoms with Gasteiger partial charge in [-0.2, -0.15) is 0 Å². The molecule has 156 valence electrons. The normalized spacial score (nSPS) is 15.2. The van der Waals surface area contributed by atoms with Gasteiger partial charge in [0.2, 0.25) is 12.7 Å². The van der Waals surface area contributed by atoms with Crippen LogP contribution >= 0.6 is 0 Å². The molecule has 1 N–H and O–H groups in total. The van der Waals surface area contributed by atoms with E-state index in [-0.39, 0.29) is 12.7 Å². The zero-order valence-electron chi connectivity index (χ0n) is 17.1. The molecule has 0 saturated heterocycles. The molecule has 0 atom stereocenters. The summed E-state index contributed by atoms with van der Waals surface area (Å²) < 4.78 is 16.6. The third kappa shape index (κ3) is 3.52. The van der Waals surface area contributed by atoms with Gasteiger partial charge in [0.1, 0.15) is 12.4 Å². The molecule has 1 heterocycles. The monoisotopic (exact) mass is 413 g/mol. The van der Waals surface area contributed by atoms with E-state index in [1.165, 1.54) is 11.1 Å². The van der Waals surface area contributed by atoms with Crippen molar-refractivity contribution in [1.29, 1.82) is 0 Å². The standard InChI is InChI=1S/C26H23NO4/c1-2-13-29-22-10-8-21(9-11-22)27-25(28)26(15-18-5-3-4-6-19(18)16-26)20-7-12-23-24(14-20)31-17-30-23/h2-12,14H,1,13,15-17H2,(H,27,28). The van der Waals surface area contributed by atoms with E-state index in [1.807, 2.05) is 54.6 Å². The highest BCUT2D eigenvalue weighted by Crippen LogP contribution is 2.44. The molecule has 31 heavy (non-hydrogen) atoms. The van der Waals surface area contributed by atoms with Crippen LogP contribution in [0.3, 0.4) is 0 Å². The lowest BCUT2D eigenvalue weighted by Gasteiger charge is -2.29. The molecule has 1 aliphatic heterocycles. The van der Waals surface area contributed by atoms with E-state index >= 15 is 0 Å². The number of rotatable bonds is 6. The number of anilines is 1. The van der Waals surface area contributed by atoms with Crippen LogP contribution in [0.15, 0.2) is 79.4 Å². The maximum absolute atomic E-state index is 13.7. The Labute approximate surface area is 181 Å². The fraction of sp³-hybridized carbons (Fsp3) is 0.192. The molecule has 0 spiro atoms. The van der Waals surface area contributed by atoms with Gasteiger partial charge in [-0.1, -0.05) is 43.0 Å². The van der Waals surface area contributed by atoms with Gasteiger partial charge in [-0.05, 0) is 65.9 Å². The molecule has 1 amide bonds. The van der Waals surface area contributed by atoms with Gasteiger partial charge in [-0.15, -0.1) is 0 Å². The number of amides is 1. The second-order valence-electron chi connectivity index (χ2n) is 7.85. The van der Waals surface area contributed by atoms with Gasteiger partial charge < -0.3 is 19.5 Å². The van der Waals surface area contributed by atoms with Crippen LogP contribution in [0.4, 0.5) is 5.69 Å². The van der Waals surface area contributed by atoms with Crippen molar-refractivity contribution in [2.24, 2.45) is 0 Å². The largest absolute Gasteiger partial charge is 0.490 e. The lowest BCUT2D eigenvalue weighted by atomic mass is 9.76. The molecule has 5 heteroatoms. The summed E-state index contributed by atoms with van der Waals surface area (Å²) in [6.07, 6.45) is 2.97. The van der Waals surface area contributed by atoms with Crippen LogP contribution in [0.5, 0.6) is 17.2 Å². The SMILES string of the molecule is C=CCOc1ccc(NC(=O)C2(c3ccc4c(c3)OCO4)Cc3ccccc3C2)cc1. The molecule has 0 saturated carbocycles. The van der Waals surface area contributed by atoms with Gasteiger partial charge >= 0.3 is 0 Å². The minimum atomic E-state index is -0.720. The highest BCUT2D eigenvalue weighted by atomic mass is 16.7. The Balaban J connectivity index is 1.46. The number of carbonyl (C=O) groups is 1. The Morgan fingerprint density at radius 1 is 1.00 bits per heavy atom. The van der Waals surface area contributed by atoms with Crippen LogP contribution in [0.2, 0.25) is 0 Å². The summed E-state index contributed by atoms with van der Waals surface area (Å²) in [6, 6.07) is 21.4. The highest BCUT2D eigenvalue weighted by molar-refractivity contribution is 6.00. The number of benzene rings is 3. The summed E-state index contributed by atoms with van der Waals surface area (Å²) in [5.74, 6) is 2.09. The summed E-state index contributed by atoms with van der Waals surface area (Å²) in [6.45, 7) is 4.30. The lowest BCUT2D eigenvalue weighted by Crippen LogP contribution is -2.41. The first-order valence-corrected chi connectivity index (χ1v) is 10.3. The molecule has 0 fully saturated rings. The van der Waals surface area contributed by atoms with Crippen LogP contribution in [-0.4, -0.2) is 19.3 Å². The zero-order valence-corrected chi connectivity index (χ0v) is 17.1. The van der Waals surface area contributed by atoms with Crippen LogP contribution in [0, 0.1) is 0 Å².